The first-order valence-corrected chi connectivity index (χ1v) is 6.95. The number of nitrogens with zero attached hydrogens (tertiary/aromatic N) is 2. The Morgan fingerprint density at radius 2 is 2.41 bits per heavy atom. The summed E-state index contributed by atoms with van der Waals surface area (Å²) in [6.07, 6.45) is 6.46. The predicted octanol–water partition coefficient (Wildman–Crippen LogP) is 2.78. The Labute approximate surface area is 110 Å². The van der Waals surface area contributed by atoms with Crippen molar-refractivity contribution in [2.24, 2.45) is 0 Å². The summed E-state index contributed by atoms with van der Waals surface area (Å²) in [4.78, 5) is 8.84. The van der Waals surface area contributed by atoms with E-state index >= 15 is 0 Å². The van der Waals surface area contributed by atoms with Gasteiger partial charge < -0.3 is 10.1 Å². The fourth-order valence-corrected chi connectivity index (χ4v) is 2.30. The van der Waals surface area contributed by atoms with Crippen LogP contribution in [0.1, 0.15) is 32.0 Å². The lowest BCUT2D eigenvalue weighted by molar-refractivity contribution is 0.0156. The maximum atomic E-state index is 5.70. The summed E-state index contributed by atoms with van der Waals surface area (Å²) >= 11 is 3.44. The monoisotopic (exact) mass is 299 g/mol. The van der Waals surface area contributed by atoms with Gasteiger partial charge in [0.2, 0.25) is 0 Å². The highest BCUT2D eigenvalue weighted by atomic mass is 79.9. The summed E-state index contributed by atoms with van der Waals surface area (Å²) in [6, 6.07) is 0. The zero-order valence-electron chi connectivity index (χ0n) is 10.1. The van der Waals surface area contributed by atoms with Crippen molar-refractivity contribution in [1.29, 1.82) is 0 Å². The SMILES string of the molecule is CCNc1nc(CC2CCCCO2)ncc1Br. The van der Waals surface area contributed by atoms with Gasteiger partial charge in [-0.1, -0.05) is 0 Å². The minimum Gasteiger partial charge on any atom is -0.378 e. The fourth-order valence-electron chi connectivity index (χ4n) is 1.97. The van der Waals surface area contributed by atoms with Crippen molar-refractivity contribution in [3.63, 3.8) is 0 Å². The van der Waals surface area contributed by atoms with Gasteiger partial charge in [-0.05, 0) is 42.1 Å². The Morgan fingerprint density at radius 3 is 3.12 bits per heavy atom. The number of aromatic nitrogens is 2. The Hall–Kier alpha value is -0.680. The van der Waals surface area contributed by atoms with Gasteiger partial charge in [0.15, 0.2) is 0 Å². The van der Waals surface area contributed by atoms with E-state index in [1.807, 2.05) is 6.20 Å². The van der Waals surface area contributed by atoms with Crippen LogP contribution >= 0.6 is 15.9 Å². The van der Waals surface area contributed by atoms with Crippen LogP contribution in [-0.2, 0) is 11.2 Å². The molecular formula is C12H18BrN3O. The van der Waals surface area contributed by atoms with Crippen molar-refractivity contribution < 1.29 is 4.74 Å². The molecule has 94 valence electrons. The molecule has 5 heteroatoms. The number of nitrogens with one attached hydrogen (secondary N) is 1. The second kappa shape index (κ2) is 6.31. The molecule has 1 N–H and O–H groups in total. The van der Waals surface area contributed by atoms with Gasteiger partial charge in [0.05, 0.1) is 10.6 Å². The maximum Gasteiger partial charge on any atom is 0.144 e. The molecule has 4 nitrogen and oxygen atoms in total. The fraction of sp³-hybridized carbons (Fsp3) is 0.667. The number of hydrogen-bond donors (Lipinski definition) is 1. The van der Waals surface area contributed by atoms with Crippen LogP contribution in [0.3, 0.4) is 0 Å². The second-order valence-corrected chi connectivity index (χ2v) is 5.06. The van der Waals surface area contributed by atoms with Gasteiger partial charge in [-0.2, -0.15) is 0 Å². The maximum absolute atomic E-state index is 5.70. The van der Waals surface area contributed by atoms with Gasteiger partial charge in [0, 0.05) is 25.8 Å². The molecule has 0 amide bonds. The van der Waals surface area contributed by atoms with Gasteiger partial charge in [-0.3, -0.25) is 0 Å². The number of anilines is 1. The summed E-state index contributed by atoms with van der Waals surface area (Å²) in [5.41, 5.74) is 0. The number of ether oxygens (including phenoxy) is 1. The number of hydrogen-bond acceptors (Lipinski definition) is 4. The molecule has 0 spiro atoms. The van der Waals surface area contributed by atoms with Crippen LogP contribution in [0.2, 0.25) is 0 Å². The van der Waals surface area contributed by atoms with Crippen molar-refractivity contribution in [3.05, 3.63) is 16.5 Å². The Kier molecular flexibility index (Phi) is 4.74. The van der Waals surface area contributed by atoms with Crippen LogP contribution in [0.5, 0.6) is 0 Å². The molecule has 0 bridgehead atoms. The number of halogens is 1. The van der Waals surface area contributed by atoms with E-state index < -0.39 is 0 Å². The first kappa shape index (κ1) is 12.8. The van der Waals surface area contributed by atoms with E-state index in [-0.39, 0.29) is 0 Å². The van der Waals surface area contributed by atoms with Crippen molar-refractivity contribution in [1.82, 2.24) is 9.97 Å². The Balaban J connectivity index is 2.02. The third-order valence-corrected chi connectivity index (χ3v) is 3.40. The molecule has 2 rings (SSSR count). The average Bonchev–Trinajstić information content (AvgIpc) is 2.35. The summed E-state index contributed by atoms with van der Waals surface area (Å²) in [5.74, 6) is 1.73. The van der Waals surface area contributed by atoms with Gasteiger partial charge >= 0.3 is 0 Å². The molecule has 0 aromatic carbocycles. The van der Waals surface area contributed by atoms with Gasteiger partial charge in [-0.15, -0.1) is 0 Å². The van der Waals surface area contributed by atoms with Gasteiger partial charge in [0.1, 0.15) is 11.6 Å². The lowest BCUT2D eigenvalue weighted by atomic mass is 10.1. The Bertz CT molecular complexity index is 367. The van der Waals surface area contributed by atoms with Crippen LogP contribution in [0.25, 0.3) is 0 Å². The normalized spacial score (nSPS) is 20.2. The highest BCUT2D eigenvalue weighted by Gasteiger charge is 2.16. The highest BCUT2D eigenvalue weighted by Crippen LogP contribution is 2.20. The quantitative estimate of drug-likeness (QED) is 0.929. The van der Waals surface area contributed by atoms with Crippen LogP contribution in [-0.4, -0.2) is 29.2 Å². The molecule has 1 aromatic heterocycles. The van der Waals surface area contributed by atoms with Gasteiger partial charge in [-0.25, -0.2) is 9.97 Å². The van der Waals surface area contributed by atoms with E-state index in [4.69, 9.17) is 4.74 Å². The molecule has 1 aromatic rings. The highest BCUT2D eigenvalue weighted by molar-refractivity contribution is 9.10. The van der Waals surface area contributed by atoms with E-state index in [0.717, 1.165) is 42.1 Å². The minimum absolute atomic E-state index is 0.291. The zero-order valence-corrected chi connectivity index (χ0v) is 11.7. The van der Waals surface area contributed by atoms with Crippen LogP contribution < -0.4 is 5.32 Å². The molecule has 0 saturated carbocycles. The van der Waals surface area contributed by atoms with Crippen molar-refractivity contribution in [2.75, 3.05) is 18.5 Å². The van der Waals surface area contributed by atoms with Crippen LogP contribution in [0.4, 0.5) is 5.82 Å². The van der Waals surface area contributed by atoms with E-state index in [0.29, 0.717) is 6.10 Å². The first-order valence-electron chi connectivity index (χ1n) is 6.16. The van der Waals surface area contributed by atoms with Crippen molar-refractivity contribution in [2.45, 2.75) is 38.7 Å². The lowest BCUT2D eigenvalue weighted by Crippen LogP contribution is -2.22. The standard InChI is InChI=1S/C12H18BrN3O/c1-2-14-12-10(13)8-15-11(16-12)7-9-5-3-4-6-17-9/h8-9H,2-7H2,1H3,(H,14,15,16). The molecule has 1 atom stereocenters. The molecule has 1 unspecified atom stereocenters. The van der Waals surface area contributed by atoms with Crippen molar-refractivity contribution >= 4 is 21.7 Å². The topological polar surface area (TPSA) is 47.0 Å². The first-order chi connectivity index (χ1) is 8.29. The van der Waals surface area contributed by atoms with E-state index in [1.165, 1.54) is 12.8 Å². The van der Waals surface area contributed by atoms with E-state index in [9.17, 15) is 0 Å². The largest absolute Gasteiger partial charge is 0.378 e. The Morgan fingerprint density at radius 1 is 1.53 bits per heavy atom. The molecule has 1 aliphatic rings. The summed E-state index contributed by atoms with van der Waals surface area (Å²) in [6.45, 7) is 3.79. The summed E-state index contributed by atoms with van der Waals surface area (Å²) < 4.78 is 6.61. The lowest BCUT2D eigenvalue weighted by Gasteiger charge is -2.21. The van der Waals surface area contributed by atoms with Crippen LogP contribution in [0.15, 0.2) is 10.7 Å². The van der Waals surface area contributed by atoms with E-state index in [2.05, 4.69) is 38.1 Å². The molecule has 0 radical (unpaired) electrons. The van der Waals surface area contributed by atoms with Crippen LogP contribution in [0, 0.1) is 0 Å². The third-order valence-electron chi connectivity index (χ3n) is 2.82. The predicted molar refractivity (Wildman–Crippen MR) is 71.2 cm³/mol. The molecule has 1 aliphatic heterocycles. The summed E-state index contributed by atoms with van der Waals surface area (Å²) in [7, 11) is 0. The zero-order chi connectivity index (χ0) is 12.1. The minimum atomic E-state index is 0.291. The smallest absolute Gasteiger partial charge is 0.144 e. The average molecular weight is 300 g/mol. The van der Waals surface area contributed by atoms with Crippen molar-refractivity contribution in [3.8, 4) is 0 Å². The summed E-state index contributed by atoms with van der Waals surface area (Å²) in [5, 5.41) is 3.21. The molecule has 17 heavy (non-hydrogen) atoms. The number of rotatable bonds is 4. The molecule has 1 fully saturated rings. The molecular weight excluding hydrogens is 282 g/mol. The molecule has 2 heterocycles. The molecule has 0 aliphatic carbocycles. The van der Waals surface area contributed by atoms with E-state index in [1.54, 1.807) is 0 Å². The second-order valence-electron chi connectivity index (χ2n) is 4.21. The van der Waals surface area contributed by atoms with Gasteiger partial charge in [0.25, 0.3) is 0 Å². The third kappa shape index (κ3) is 3.64. The molecule has 1 saturated heterocycles.